The molecule has 3 rings (SSSR count). The predicted molar refractivity (Wildman–Crippen MR) is 75.5 cm³/mol. The first-order valence-electron chi connectivity index (χ1n) is 8.11. The van der Waals surface area contributed by atoms with E-state index >= 15 is 0 Å². The van der Waals surface area contributed by atoms with Crippen LogP contribution in [0, 0.1) is 0 Å². The van der Waals surface area contributed by atoms with Crippen LogP contribution in [0.25, 0.3) is 0 Å². The van der Waals surface area contributed by atoms with Gasteiger partial charge in [0.05, 0.1) is 13.2 Å². The Morgan fingerprint density at radius 3 is 2.30 bits per heavy atom. The molecule has 2 saturated heterocycles. The number of ether oxygens (including phenoxy) is 2. The molecule has 0 aromatic heterocycles. The molecule has 5 nitrogen and oxygen atoms in total. The van der Waals surface area contributed by atoms with E-state index in [0.717, 1.165) is 58.4 Å². The van der Waals surface area contributed by atoms with Crippen LogP contribution < -0.4 is 5.32 Å². The number of rotatable bonds is 1. The second-order valence-corrected chi connectivity index (χ2v) is 6.23. The second-order valence-electron chi connectivity index (χ2n) is 6.23. The number of nitrogens with one attached hydrogen (secondary N) is 1. The normalized spacial score (nSPS) is 27.5. The van der Waals surface area contributed by atoms with Crippen LogP contribution in [0.4, 0.5) is 4.79 Å². The van der Waals surface area contributed by atoms with E-state index in [1.54, 1.807) is 0 Å². The van der Waals surface area contributed by atoms with Crippen LogP contribution in [-0.2, 0) is 9.47 Å². The van der Waals surface area contributed by atoms with Crippen LogP contribution in [0.5, 0.6) is 0 Å². The highest BCUT2D eigenvalue weighted by Crippen LogP contribution is 2.30. The Morgan fingerprint density at radius 1 is 1.00 bits per heavy atom. The number of likely N-dealkylation sites (tertiary alicyclic amines) is 1. The minimum absolute atomic E-state index is 0.0996. The molecule has 3 aliphatic rings. The number of urea groups is 1. The van der Waals surface area contributed by atoms with Gasteiger partial charge in [0.25, 0.3) is 0 Å². The summed E-state index contributed by atoms with van der Waals surface area (Å²) in [5.41, 5.74) is 0. The van der Waals surface area contributed by atoms with Crippen LogP contribution in [0.1, 0.15) is 51.4 Å². The average molecular weight is 282 g/mol. The van der Waals surface area contributed by atoms with Gasteiger partial charge in [0.15, 0.2) is 5.79 Å². The van der Waals surface area contributed by atoms with Crippen molar-refractivity contribution in [1.82, 2.24) is 10.2 Å². The zero-order chi connectivity index (χ0) is 13.8. The number of nitrogens with zero attached hydrogens (tertiary/aromatic N) is 1. The topological polar surface area (TPSA) is 50.8 Å². The van der Waals surface area contributed by atoms with Crippen molar-refractivity contribution in [2.24, 2.45) is 0 Å². The van der Waals surface area contributed by atoms with Crippen molar-refractivity contribution in [3.05, 3.63) is 0 Å². The molecule has 2 amide bonds. The maximum absolute atomic E-state index is 12.3. The standard InChI is InChI=1S/C15H26N2O3/c18-14(16-13-5-2-1-3-6-13)17-9-7-15(8-10-17)19-11-4-12-20-15/h13H,1-12H2,(H,16,18). The molecule has 5 heteroatoms. The van der Waals surface area contributed by atoms with E-state index in [2.05, 4.69) is 5.32 Å². The monoisotopic (exact) mass is 282 g/mol. The fourth-order valence-electron chi connectivity index (χ4n) is 3.47. The smallest absolute Gasteiger partial charge is 0.317 e. The van der Waals surface area contributed by atoms with Gasteiger partial charge in [-0.3, -0.25) is 0 Å². The minimum atomic E-state index is -0.403. The zero-order valence-electron chi connectivity index (χ0n) is 12.2. The third-order valence-electron chi connectivity index (χ3n) is 4.76. The number of carbonyl (C=O) groups is 1. The lowest BCUT2D eigenvalue weighted by Crippen LogP contribution is -2.54. The maximum Gasteiger partial charge on any atom is 0.317 e. The molecule has 114 valence electrons. The van der Waals surface area contributed by atoms with Crippen molar-refractivity contribution in [2.75, 3.05) is 26.3 Å². The van der Waals surface area contributed by atoms with E-state index < -0.39 is 5.79 Å². The minimum Gasteiger partial charge on any atom is -0.350 e. The molecule has 2 aliphatic heterocycles. The van der Waals surface area contributed by atoms with E-state index in [4.69, 9.17) is 9.47 Å². The Labute approximate surface area is 121 Å². The van der Waals surface area contributed by atoms with Gasteiger partial charge in [-0.15, -0.1) is 0 Å². The second kappa shape index (κ2) is 6.31. The first kappa shape index (κ1) is 14.1. The predicted octanol–water partition coefficient (Wildman–Crippen LogP) is 2.26. The van der Waals surface area contributed by atoms with Gasteiger partial charge < -0.3 is 19.7 Å². The fourth-order valence-corrected chi connectivity index (χ4v) is 3.47. The summed E-state index contributed by atoms with van der Waals surface area (Å²) in [5, 5.41) is 3.19. The third kappa shape index (κ3) is 3.26. The Hall–Kier alpha value is -0.810. The van der Waals surface area contributed by atoms with Crippen molar-refractivity contribution in [2.45, 2.75) is 63.2 Å². The molecule has 0 atom stereocenters. The molecule has 2 heterocycles. The van der Waals surface area contributed by atoms with Gasteiger partial charge in [-0.2, -0.15) is 0 Å². The van der Waals surface area contributed by atoms with Crippen LogP contribution >= 0.6 is 0 Å². The third-order valence-corrected chi connectivity index (χ3v) is 4.76. The number of carbonyl (C=O) groups excluding carboxylic acids is 1. The van der Waals surface area contributed by atoms with E-state index in [9.17, 15) is 4.79 Å². The average Bonchev–Trinajstić information content (AvgIpc) is 2.50. The van der Waals surface area contributed by atoms with E-state index in [1.165, 1.54) is 19.3 Å². The van der Waals surface area contributed by atoms with Gasteiger partial charge in [-0.25, -0.2) is 4.79 Å². The van der Waals surface area contributed by atoms with Gasteiger partial charge in [0.2, 0.25) is 0 Å². The summed E-state index contributed by atoms with van der Waals surface area (Å²) in [6.45, 7) is 3.04. The summed E-state index contributed by atoms with van der Waals surface area (Å²) in [6.07, 6.45) is 8.65. The lowest BCUT2D eigenvalue weighted by atomic mass is 9.95. The summed E-state index contributed by atoms with van der Waals surface area (Å²) in [7, 11) is 0. The quantitative estimate of drug-likeness (QED) is 0.802. The first-order chi connectivity index (χ1) is 9.77. The van der Waals surface area contributed by atoms with Crippen molar-refractivity contribution in [3.63, 3.8) is 0 Å². The molecule has 1 saturated carbocycles. The molecule has 3 fully saturated rings. The van der Waals surface area contributed by atoms with Gasteiger partial charge in [-0.1, -0.05) is 19.3 Å². The van der Waals surface area contributed by atoms with E-state index in [-0.39, 0.29) is 6.03 Å². The number of piperidine rings is 1. The van der Waals surface area contributed by atoms with Crippen LogP contribution in [-0.4, -0.2) is 49.1 Å². The molecule has 1 N–H and O–H groups in total. The summed E-state index contributed by atoms with van der Waals surface area (Å²) in [5.74, 6) is -0.403. The zero-order valence-corrected chi connectivity index (χ0v) is 12.2. The molecule has 0 radical (unpaired) electrons. The van der Waals surface area contributed by atoms with Crippen LogP contribution in [0.15, 0.2) is 0 Å². The Morgan fingerprint density at radius 2 is 1.65 bits per heavy atom. The summed E-state index contributed by atoms with van der Waals surface area (Å²) in [6, 6.07) is 0.483. The van der Waals surface area contributed by atoms with Crippen LogP contribution in [0.3, 0.4) is 0 Å². The Bertz CT molecular complexity index is 326. The molecule has 0 bridgehead atoms. The summed E-state index contributed by atoms with van der Waals surface area (Å²) >= 11 is 0. The maximum atomic E-state index is 12.3. The number of hydrogen-bond acceptors (Lipinski definition) is 3. The number of amides is 2. The molecule has 20 heavy (non-hydrogen) atoms. The molecule has 0 unspecified atom stereocenters. The molecular formula is C15H26N2O3. The Balaban J connectivity index is 1.46. The lowest BCUT2D eigenvalue weighted by molar-refractivity contribution is -0.281. The van der Waals surface area contributed by atoms with Gasteiger partial charge >= 0.3 is 6.03 Å². The van der Waals surface area contributed by atoms with Crippen molar-refractivity contribution >= 4 is 6.03 Å². The molecule has 1 spiro atoms. The molecule has 1 aliphatic carbocycles. The van der Waals surface area contributed by atoms with E-state index in [0.29, 0.717) is 6.04 Å². The van der Waals surface area contributed by atoms with Gasteiger partial charge in [-0.05, 0) is 19.3 Å². The first-order valence-corrected chi connectivity index (χ1v) is 8.11. The van der Waals surface area contributed by atoms with E-state index in [1.807, 2.05) is 4.90 Å². The number of hydrogen-bond donors (Lipinski definition) is 1. The van der Waals surface area contributed by atoms with Gasteiger partial charge in [0, 0.05) is 32.0 Å². The van der Waals surface area contributed by atoms with Crippen molar-refractivity contribution in [3.8, 4) is 0 Å². The highest BCUT2D eigenvalue weighted by atomic mass is 16.7. The van der Waals surface area contributed by atoms with Gasteiger partial charge in [0.1, 0.15) is 0 Å². The molecular weight excluding hydrogens is 256 g/mol. The van der Waals surface area contributed by atoms with Crippen LogP contribution in [0.2, 0.25) is 0 Å². The largest absolute Gasteiger partial charge is 0.350 e. The molecule has 0 aromatic rings. The summed E-state index contributed by atoms with van der Waals surface area (Å²) in [4.78, 5) is 14.2. The van der Waals surface area contributed by atoms with Crippen molar-refractivity contribution < 1.29 is 14.3 Å². The lowest BCUT2D eigenvalue weighted by Gasteiger charge is -2.43. The highest BCUT2D eigenvalue weighted by Gasteiger charge is 2.39. The summed E-state index contributed by atoms with van der Waals surface area (Å²) < 4.78 is 11.6. The highest BCUT2D eigenvalue weighted by molar-refractivity contribution is 5.74. The Kier molecular flexibility index (Phi) is 4.46. The molecule has 0 aromatic carbocycles. The SMILES string of the molecule is O=C(NC1CCCCC1)N1CCC2(CC1)OCCCO2. The fraction of sp³-hybridized carbons (Fsp3) is 0.933. The van der Waals surface area contributed by atoms with Crippen molar-refractivity contribution in [1.29, 1.82) is 0 Å².